The molecule has 1 aromatic heterocycles. The molecule has 22 heavy (non-hydrogen) atoms. The minimum atomic E-state index is -0.325. The molecule has 2 aromatic rings. The average molecular weight is 304 g/mol. The molecular formula is C15H17FN4O2. The van der Waals surface area contributed by atoms with Gasteiger partial charge in [-0.1, -0.05) is 0 Å². The summed E-state index contributed by atoms with van der Waals surface area (Å²) in [6.45, 7) is 2.60. The molecule has 7 heteroatoms. The second-order valence-electron chi connectivity index (χ2n) is 4.60. The van der Waals surface area contributed by atoms with Gasteiger partial charge in [0.2, 0.25) is 5.95 Å². The summed E-state index contributed by atoms with van der Waals surface area (Å²) in [5, 5.41) is 5.63. The van der Waals surface area contributed by atoms with E-state index in [2.05, 4.69) is 20.6 Å². The zero-order valence-corrected chi connectivity index (χ0v) is 12.4. The van der Waals surface area contributed by atoms with Crippen LogP contribution in [0.25, 0.3) is 0 Å². The Morgan fingerprint density at radius 1 is 1.27 bits per heavy atom. The lowest BCUT2D eigenvalue weighted by atomic mass is 10.3. The van der Waals surface area contributed by atoms with Crippen LogP contribution in [0.5, 0.6) is 0 Å². The number of aryl methyl sites for hydroxylation is 1. The number of rotatable bonds is 6. The maximum absolute atomic E-state index is 12.9. The summed E-state index contributed by atoms with van der Waals surface area (Å²) in [4.78, 5) is 20.4. The molecule has 1 aromatic carbocycles. The first-order valence-electron chi connectivity index (χ1n) is 6.74. The van der Waals surface area contributed by atoms with Gasteiger partial charge in [-0.2, -0.15) is 0 Å². The fourth-order valence-electron chi connectivity index (χ4n) is 1.76. The minimum absolute atomic E-state index is 0.258. The van der Waals surface area contributed by atoms with E-state index in [0.717, 1.165) is 0 Å². The molecule has 0 radical (unpaired) electrons. The highest BCUT2D eigenvalue weighted by Crippen LogP contribution is 2.14. The molecule has 0 unspecified atom stereocenters. The van der Waals surface area contributed by atoms with Crippen molar-refractivity contribution in [2.45, 2.75) is 6.92 Å². The molecule has 0 saturated carbocycles. The predicted octanol–water partition coefficient (Wildman–Crippen LogP) is 2.04. The normalized spacial score (nSPS) is 10.3. The van der Waals surface area contributed by atoms with Gasteiger partial charge in [0.25, 0.3) is 5.91 Å². The number of hydrogen-bond donors (Lipinski definition) is 2. The number of carbonyl (C=O) groups excluding carboxylic acids is 1. The Kier molecular flexibility index (Phi) is 5.37. The first kappa shape index (κ1) is 15.8. The maximum atomic E-state index is 12.9. The van der Waals surface area contributed by atoms with Gasteiger partial charge in [0.1, 0.15) is 11.5 Å². The zero-order valence-electron chi connectivity index (χ0n) is 12.4. The fraction of sp³-hybridized carbons (Fsp3) is 0.267. The summed E-state index contributed by atoms with van der Waals surface area (Å²) in [5.41, 5.74) is 1.54. The summed E-state index contributed by atoms with van der Waals surface area (Å²) >= 11 is 0. The van der Waals surface area contributed by atoms with Crippen LogP contribution in [0.4, 0.5) is 16.0 Å². The highest BCUT2D eigenvalue weighted by atomic mass is 19.1. The standard InChI is InChI=1S/C15H17FN4O2/c1-10-9-13(14(21)17-7-8-22-2)20-15(18-10)19-12-5-3-11(16)4-6-12/h3-6,9H,7-8H2,1-2H3,(H,17,21)(H,18,19,20). The van der Waals surface area contributed by atoms with Crippen LogP contribution >= 0.6 is 0 Å². The van der Waals surface area contributed by atoms with Crippen LogP contribution in [-0.4, -0.2) is 36.1 Å². The molecule has 0 aliphatic heterocycles. The Balaban J connectivity index is 2.12. The van der Waals surface area contributed by atoms with Gasteiger partial charge in [0.15, 0.2) is 0 Å². The van der Waals surface area contributed by atoms with Crippen molar-refractivity contribution in [3.8, 4) is 0 Å². The summed E-state index contributed by atoms with van der Waals surface area (Å²) in [5.74, 6) is -0.345. The number of nitrogens with zero attached hydrogens (tertiary/aromatic N) is 2. The van der Waals surface area contributed by atoms with Crippen molar-refractivity contribution < 1.29 is 13.9 Å². The highest BCUT2D eigenvalue weighted by Gasteiger charge is 2.10. The van der Waals surface area contributed by atoms with E-state index in [0.29, 0.717) is 24.5 Å². The number of halogens is 1. The summed E-state index contributed by atoms with van der Waals surface area (Å²) in [6.07, 6.45) is 0. The van der Waals surface area contributed by atoms with Gasteiger partial charge in [0.05, 0.1) is 6.61 Å². The van der Waals surface area contributed by atoms with E-state index in [1.807, 2.05) is 0 Å². The van der Waals surface area contributed by atoms with Crippen LogP contribution in [0.2, 0.25) is 0 Å². The lowest BCUT2D eigenvalue weighted by Crippen LogP contribution is -2.28. The largest absolute Gasteiger partial charge is 0.383 e. The third kappa shape index (κ3) is 4.49. The lowest BCUT2D eigenvalue weighted by Gasteiger charge is -2.08. The van der Waals surface area contributed by atoms with Crippen molar-refractivity contribution in [2.24, 2.45) is 0 Å². The summed E-state index contributed by atoms with van der Waals surface area (Å²) in [6, 6.07) is 7.39. The lowest BCUT2D eigenvalue weighted by molar-refractivity contribution is 0.0932. The monoisotopic (exact) mass is 304 g/mol. The highest BCUT2D eigenvalue weighted by molar-refractivity contribution is 5.92. The van der Waals surface area contributed by atoms with E-state index < -0.39 is 0 Å². The van der Waals surface area contributed by atoms with E-state index in [1.165, 1.54) is 12.1 Å². The zero-order chi connectivity index (χ0) is 15.9. The molecule has 2 rings (SSSR count). The smallest absolute Gasteiger partial charge is 0.270 e. The van der Waals surface area contributed by atoms with Crippen LogP contribution in [0.1, 0.15) is 16.2 Å². The molecular weight excluding hydrogens is 287 g/mol. The Bertz CT molecular complexity index is 646. The van der Waals surface area contributed by atoms with Gasteiger partial charge in [0, 0.05) is 25.0 Å². The minimum Gasteiger partial charge on any atom is -0.383 e. The fourth-order valence-corrected chi connectivity index (χ4v) is 1.76. The van der Waals surface area contributed by atoms with Crippen LogP contribution in [-0.2, 0) is 4.74 Å². The van der Waals surface area contributed by atoms with Crippen molar-refractivity contribution in [1.29, 1.82) is 0 Å². The molecule has 0 bridgehead atoms. The number of nitrogens with one attached hydrogen (secondary N) is 2. The molecule has 0 fully saturated rings. The number of aromatic nitrogens is 2. The molecule has 0 atom stereocenters. The second kappa shape index (κ2) is 7.46. The van der Waals surface area contributed by atoms with Gasteiger partial charge in [-0.25, -0.2) is 14.4 Å². The maximum Gasteiger partial charge on any atom is 0.270 e. The molecule has 1 amide bonds. The van der Waals surface area contributed by atoms with Gasteiger partial charge in [-0.05, 0) is 37.3 Å². The van der Waals surface area contributed by atoms with E-state index in [-0.39, 0.29) is 23.4 Å². The average Bonchev–Trinajstić information content (AvgIpc) is 2.49. The van der Waals surface area contributed by atoms with Crippen molar-refractivity contribution >= 4 is 17.5 Å². The van der Waals surface area contributed by atoms with Gasteiger partial charge in [-0.3, -0.25) is 4.79 Å². The van der Waals surface area contributed by atoms with Crippen LogP contribution in [0.15, 0.2) is 30.3 Å². The molecule has 6 nitrogen and oxygen atoms in total. The number of benzene rings is 1. The number of anilines is 2. The molecule has 0 aliphatic rings. The molecule has 116 valence electrons. The quantitative estimate of drug-likeness (QED) is 0.799. The van der Waals surface area contributed by atoms with E-state index in [9.17, 15) is 9.18 Å². The molecule has 0 saturated heterocycles. The SMILES string of the molecule is COCCNC(=O)c1cc(C)nc(Nc2ccc(F)cc2)n1. The molecule has 0 aliphatic carbocycles. The number of amides is 1. The van der Waals surface area contributed by atoms with Crippen molar-refractivity contribution in [3.63, 3.8) is 0 Å². The third-order valence-electron chi connectivity index (χ3n) is 2.78. The first-order valence-corrected chi connectivity index (χ1v) is 6.74. The summed E-state index contributed by atoms with van der Waals surface area (Å²) in [7, 11) is 1.56. The number of hydrogen-bond acceptors (Lipinski definition) is 5. The Morgan fingerprint density at radius 3 is 2.68 bits per heavy atom. The van der Waals surface area contributed by atoms with Gasteiger partial charge in [-0.15, -0.1) is 0 Å². The number of methoxy groups -OCH3 is 1. The predicted molar refractivity (Wildman–Crippen MR) is 80.7 cm³/mol. The van der Waals surface area contributed by atoms with Crippen LogP contribution < -0.4 is 10.6 Å². The van der Waals surface area contributed by atoms with Crippen molar-refractivity contribution in [3.05, 3.63) is 47.5 Å². The van der Waals surface area contributed by atoms with Crippen molar-refractivity contribution in [2.75, 3.05) is 25.6 Å². The Hall–Kier alpha value is -2.54. The van der Waals surface area contributed by atoms with Crippen LogP contribution in [0, 0.1) is 12.7 Å². The molecule has 1 heterocycles. The van der Waals surface area contributed by atoms with E-state index in [1.54, 1.807) is 32.2 Å². The third-order valence-corrected chi connectivity index (χ3v) is 2.78. The Morgan fingerprint density at radius 2 is 2.00 bits per heavy atom. The van der Waals surface area contributed by atoms with Gasteiger partial charge < -0.3 is 15.4 Å². The Labute approximate surface area is 127 Å². The number of ether oxygens (including phenoxy) is 1. The van der Waals surface area contributed by atoms with E-state index >= 15 is 0 Å². The van der Waals surface area contributed by atoms with Gasteiger partial charge >= 0.3 is 0 Å². The number of carbonyl (C=O) groups is 1. The van der Waals surface area contributed by atoms with Crippen LogP contribution in [0.3, 0.4) is 0 Å². The molecule has 0 spiro atoms. The first-order chi connectivity index (χ1) is 10.6. The van der Waals surface area contributed by atoms with E-state index in [4.69, 9.17) is 4.74 Å². The van der Waals surface area contributed by atoms with Crippen molar-refractivity contribution in [1.82, 2.24) is 15.3 Å². The summed E-state index contributed by atoms with van der Waals surface area (Å²) < 4.78 is 17.8. The topological polar surface area (TPSA) is 76.1 Å². The second-order valence-corrected chi connectivity index (χ2v) is 4.60. The molecule has 2 N–H and O–H groups in total.